The maximum absolute atomic E-state index is 13.0. The number of imidazole rings is 1. The number of aromatic nitrogens is 3. The van der Waals surface area contributed by atoms with Crippen molar-refractivity contribution >= 4 is 16.9 Å². The molecule has 0 radical (unpaired) electrons. The minimum Gasteiger partial charge on any atom is -0.355 e. The third-order valence-electron chi connectivity index (χ3n) is 5.04. The highest BCUT2D eigenvalue weighted by Crippen LogP contribution is 2.33. The second-order valence-electron chi connectivity index (χ2n) is 6.71. The number of para-hydroxylation sites is 2. The van der Waals surface area contributed by atoms with Gasteiger partial charge in [-0.05, 0) is 37.1 Å². The Morgan fingerprint density at radius 1 is 1.14 bits per heavy atom. The second kappa shape index (κ2) is 6.71. The fraction of sp³-hybridized carbons (Fsp3) is 0.316. The van der Waals surface area contributed by atoms with Crippen LogP contribution < -0.4 is 10.6 Å². The molecule has 0 atom stereocenters. The van der Waals surface area contributed by atoms with Crippen molar-refractivity contribution in [1.82, 2.24) is 14.5 Å². The summed E-state index contributed by atoms with van der Waals surface area (Å²) in [6.45, 7) is 0.805. The van der Waals surface area contributed by atoms with Crippen LogP contribution >= 0.6 is 0 Å². The third kappa shape index (κ3) is 3.11. The van der Waals surface area contributed by atoms with Gasteiger partial charge in [0, 0.05) is 19.1 Å². The highest BCUT2D eigenvalue weighted by atomic mass is 19.4. The summed E-state index contributed by atoms with van der Waals surface area (Å²) in [7, 11) is 0. The van der Waals surface area contributed by atoms with Crippen LogP contribution in [0.2, 0.25) is 0 Å². The lowest BCUT2D eigenvalue weighted by Gasteiger charge is -2.34. The number of nitrogens with one attached hydrogen (secondary N) is 1. The van der Waals surface area contributed by atoms with Crippen LogP contribution in [0.5, 0.6) is 0 Å². The quantitative estimate of drug-likeness (QED) is 0.731. The van der Waals surface area contributed by atoms with Crippen LogP contribution in [0.1, 0.15) is 30.1 Å². The Labute approximate surface area is 157 Å². The minimum atomic E-state index is -4.57. The molecule has 144 valence electrons. The summed E-state index contributed by atoms with van der Waals surface area (Å²) in [5, 5.41) is 9.25. The van der Waals surface area contributed by atoms with Gasteiger partial charge < -0.3 is 9.88 Å². The molecule has 3 aromatic rings. The van der Waals surface area contributed by atoms with Gasteiger partial charge in [0.1, 0.15) is 17.6 Å². The summed E-state index contributed by atoms with van der Waals surface area (Å²) in [6.07, 6.45) is -3.45. The third-order valence-corrected chi connectivity index (χ3v) is 5.04. The lowest BCUT2D eigenvalue weighted by atomic mass is 10.0. The first-order chi connectivity index (χ1) is 13.4. The summed E-state index contributed by atoms with van der Waals surface area (Å²) >= 11 is 0. The maximum atomic E-state index is 13.0. The topological polar surface area (TPSA) is 77.7 Å². The molecular weight excluding hydrogens is 371 g/mol. The zero-order valence-electron chi connectivity index (χ0n) is 14.7. The number of rotatable bonds is 2. The van der Waals surface area contributed by atoms with Gasteiger partial charge >= 0.3 is 11.9 Å². The molecule has 1 saturated heterocycles. The molecule has 0 spiro atoms. The van der Waals surface area contributed by atoms with Gasteiger partial charge in [0.2, 0.25) is 0 Å². The second-order valence-corrected chi connectivity index (χ2v) is 6.71. The van der Waals surface area contributed by atoms with Crippen molar-refractivity contribution < 1.29 is 13.2 Å². The van der Waals surface area contributed by atoms with Gasteiger partial charge in [0.15, 0.2) is 0 Å². The maximum Gasteiger partial charge on any atom is 0.433 e. The molecule has 0 bridgehead atoms. The molecular formula is C19H16F3N5O. The van der Waals surface area contributed by atoms with Crippen LogP contribution in [0.25, 0.3) is 11.0 Å². The van der Waals surface area contributed by atoms with Crippen LogP contribution in [-0.2, 0) is 6.18 Å². The van der Waals surface area contributed by atoms with E-state index in [1.165, 1.54) is 0 Å². The lowest BCUT2D eigenvalue weighted by molar-refractivity contribution is -0.141. The van der Waals surface area contributed by atoms with Crippen molar-refractivity contribution in [3.05, 3.63) is 58.1 Å². The van der Waals surface area contributed by atoms with Crippen molar-refractivity contribution in [2.45, 2.75) is 25.1 Å². The van der Waals surface area contributed by atoms with E-state index < -0.39 is 11.9 Å². The minimum absolute atomic E-state index is 0.0436. The molecule has 2 aromatic heterocycles. The summed E-state index contributed by atoms with van der Waals surface area (Å²) in [4.78, 5) is 20.6. The van der Waals surface area contributed by atoms with Crippen molar-refractivity contribution in [2.75, 3.05) is 18.0 Å². The Balaban J connectivity index is 1.60. The number of benzene rings is 1. The van der Waals surface area contributed by atoms with Gasteiger partial charge in [-0.25, -0.2) is 9.78 Å². The number of alkyl halides is 3. The Kier molecular flexibility index (Phi) is 4.34. The predicted molar refractivity (Wildman–Crippen MR) is 97.0 cm³/mol. The molecule has 9 heteroatoms. The number of piperidine rings is 1. The molecule has 28 heavy (non-hydrogen) atoms. The van der Waals surface area contributed by atoms with Crippen molar-refractivity contribution in [1.29, 1.82) is 5.26 Å². The van der Waals surface area contributed by atoms with Crippen LogP contribution in [0, 0.1) is 11.3 Å². The molecule has 1 aromatic carbocycles. The van der Waals surface area contributed by atoms with Gasteiger partial charge in [-0.15, -0.1) is 0 Å². The molecule has 0 amide bonds. The molecule has 0 saturated carbocycles. The number of halogens is 3. The Morgan fingerprint density at radius 2 is 1.86 bits per heavy atom. The van der Waals surface area contributed by atoms with Crippen LogP contribution in [0.3, 0.4) is 0 Å². The molecule has 1 fully saturated rings. The van der Waals surface area contributed by atoms with Gasteiger partial charge in [-0.3, -0.25) is 4.57 Å². The van der Waals surface area contributed by atoms with Gasteiger partial charge in [-0.2, -0.15) is 18.4 Å². The Morgan fingerprint density at radius 3 is 2.54 bits per heavy atom. The number of fused-ring (bicyclic) bond motifs is 1. The van der Waals surface area contributed by atoms with E-state index in [1.54, 1.807) is 9.47 Å². The highest BCUT2D eigenvalue weighted by molar-refractivity contribution is 5.75. The molecule has 0 unspecified atom stereocenters. The number of nitriles is 1. The number of anilines is 1. The van der Waals surface area contributed by atoms with Crippen LogP contribution in [-0.4, -0.2) is 27.6 Å². The number of pyridine rings is 1. The molecule has 3 heterocycles. The number of aromatic amines is 1. The van der Waals surface area contributed by atoms with Crippen molar-refractivity contribution in [2.24, 2.45) is 0 Å². The molecule has 1 aliphatic rings. The van der Waals surface area contributed by atoms with E-state index in [-0.39, 0.29) is 23.1 Å². The fourth-order valence-corrected chi connectivity index (χ4v) is 3.71. The zero-order valence-corrected chi connectivity index (χ0v) is 14.7. The predicted octanol–water partition coefficient (Wildman–Crippen LogP) is 3.46. The SMILES string of the molecule is N#Cc1ccc(C(F)(F)F)nc1N1CCC(n2c(=O)[nH]c3ccccc32)CC1. The summed E-state index contributed by atoms with van der Waals surface area (Å²) in [5.74, 6) is 0.0436. The normalized spacial score (nSPS) is 15.7. The van der Waals surface area contributed by atoms with E-state index in [1.807, 2.05) is 30.3 Å². The smallest absolute Gasteiger partial charge is 0.355 e. The molecule has 1 N–H and O–H groups in total. The largest absolute Gasteiger partial charge is 0.433 e. The number of hydrogen-bond donors (Lipinski definition) is 1. The molecule has 6 nitrogen and oxygen atoms in total. The standard InChI is InChI=1S/C19H16F3N5O/c20-19(21,22)16-6-5-12(11-23)17(25-16)26-9-7-13(8-10-26)27-15-4-2-1-3-14(15)24-18(27)28/h1-6,13H,7-10H2,(H,24,28). The van der Waals surface area contributed by atoms with Crippen LogP contribution in [0.15, 0.2) is 41.2 Å². The first-order valence-electron chi connectivity index (χ1n) is 8.81. The Bertz CT molecular complexity index is 1120. The van der Waals surface area contributed by atoms with Gasteiger partial charge in [-0.1, -0.05) is 12.1 Å². The summed E-state index contributed by atoms with van der Waals surface area (Å²) < 4.78 is 40.7. The van der Waals surface area contributed by atoms with Crippen LogP contribution in [0.4, 0.5) is 19.0 Å². The van der Waals surface area contributed by atoms with E-state index in [0.717, 1.165) is 23.2 Å². The van der Waals surface area contributed by atoms with Gasteiger partial charge in [0.25, 0.3) is 0 Å². The summed E-state index contributed by atoms with van der Waals surface area (Å²) in [5.41, 5.74) is 0.448. The first kappa shape index (κ1) is 18.1. The van der Waals surface area contributed by atoms with Crippen molar-refractivity contribution in [3.63, 3.8) is 0 Å². The monoisotopic (exact) mass is 387 g/mol. The number of nitrogens with zero attached hydrogens (tertiary/aromatic N) is 4. The highest BCUT2D eigenvalue weighted by Gasteiger charge is 2.34. The number of H-pyrrole nitrogens is 1. The average molecular weight is 387 g/mol. The molecule has 0 aliphatic carbocycles. The Hall–Kier alpha value is -3.28. The number of hydrogen-bond acceptors (Lipinski definition) is 4. The van der Waals surface area contributed by atoms with E-state index in [2.05, 4.69) is 9.97 Å². The van der Waals surface area contributed by atoms with E-state index in [9.17, 15) is 23.2 Å². The van der Waals surface area contributed by atoms with E-state index >= 15 is 0 Å². The first-order valence-corrected chi connectivity index (χ1v) is 8.81. The zero-order chi connectivity index (χ0) is 19.9. The molecule has 4 rings (SSSR count). The lowest BCUT2D eigenvalue weighted by Crippen LogP contribution is -2.38. The average Bonchev–Trinajstić information content (AvgIpc) is 3.02. The van der Waals surface area contributed by atoms with E-state index in [4.69, 9.17) is 0 Å². The fourth-order valence-electron chi connectivity index (χ4n) is 3.71. The molecule has 1 aliphatic heterocycles. The van der Waals surface area contributed by atoms with E-state index in [0.29, 0.717) is 25.9 Å². The summed E-state index contributed by atoms with van der Waals surface area (Å²) in [6, 6.07) is 11.2. The van der Waals surface area contributed by atoms with Gasteiger partial charge in [0.05, 0.1) is 16.6 Å². The van der Waals surface area contributed by atoms with Crippen molar-refractivity contribution in [3.8, 4) is 6.07 Å².